The average molecular weight is 741 g/mol. The summed E-state index contributed by atoms with van der Waals surface area (Å²) in [6.07, 6.45) is 0. The first-order chi connectivity index (χ1) is 24.7. The molecule has 0 unspecified atom stereocenters. The summed E-state index contributed by atoms with van der Waals surface area (Å²) in [5.74, 6) is 0.464. The van der Waals surface area contributed by atoms with Gasteiger partial charge in [0.15, 0.2) is 0 Å². The summed E-state index contributed by atoms with van der Waals surface area (Å²) in [5, 5.41) is 15.6. The third kappa shape index (κ3) is 9.27. The number of halogens is 1. The fourth-order valence-electron chi connectivity index (χ4n) is 5.90. The van der Waals surface area contributed by atoms with Gasteiger partial charge in [-0.3, -0.25) is 15.0 Å². The maximum Gasteiger partial charge on any atom is 0.293 e. The predicted molar refractivity (Wildman–Crippen MR) is 207 cm³/mol. The van der Waals surface area contributed by atoms with Crippen molar-refractivity contribution in [3.05, 3.63) is 148 Å². The number of rotatable bonds is 13. The highest BCUT2D eigenvalue weighted by atomic mass is 35.5. The molecule has 1 aliphatic rings. The smallest absolute Gasteiger partial charge is 0.293 e. The average Bonchev–Trinajstić information content (AvgIpc) is 3.14. The van der Waals surface area contributed by atoms with E-state index in [0.717, 1.165) is 54.9 Å². The molecule has 1 aliphatic heterocycles. The van der Waals surface area contributed by atoms with Crippen LogP contribution in [-0.2, 0) is 16.6 Å². The lowest BCUT2D eigenvalue weighted by atomic mass is 9.99. The van der Waals surface area contributed by atoms with Gasteiger partial charge in [-0.05, 0) is 77.4 Å². The monoisotopic (exact) mass is 740 g/mol. The second kappa shape index (κ2) is 16.4. The van der Waals surface area contributed by atoms with Gasteiger partial charge in [0.05, 0.1) is 9.82 Å². The second-order valence-corrected chi connectivity index (χ2v) is 15.2. The van der Waals surface area contributed by atoms with E-state index in [1.54, 1.807) is 23.9 Å². The van der Waals surface area contributed by atoms with Crippen LogP contribution in [0.25, 0.3) is 11.1 Å². The Kier molecular flexibility index (Phi) is 11.6. The van der Waals surface area contributed by atoms with E-state index >= 15 is 0 Å². The molecule has 1 heterocycles. The zero-order valence-electron chi connectivity index (χ0n) is 27.7. The first-order valence-electron chi connectivity index (χ1n) is 16.4. The molecule has 51 heavy (non-hydrogen) atoms. The predicted octanol–water partition coefficient (Wildman–Crippen LogP) is 7.54. The first kappa shape index (κ1) is 35.9. The Bertz CT molecular complexity index is 2110. The number of benzene rings is 5. The molecular weight excluding hydrogens is 704 g/mol. The van der Waals surface area contributed by atoms with Crippen molar-refractivity contribution in [3.63, 3.8) is 0 Å². The number of hydrogen-bond acceptors (Lipinski definition) is 8. The Morgan fingerprint density at radius 2 is 1.57 bits per heavy atom. The summed E-state index contributed by atoms with van der Waals surface area (Å²) in [6.45, 7) is 4.70. The SMILES string of the molecule is N/C(=N/S(=O)(=O)c1ccc(NCCSc2ccccc2)c([N+](=O)[O-])c1)c1ccc(N2CCN(Cc3ccccc3-c3ccc(Cl)cc3)CC2)cc1. The van der Waals surface area contributed by atoms with Gasteiger partial charge in [-0.25, -0.2) is 0 Å². The number of anilines is 2. The first-order valence-corrected chi connectivity index (χ1v) is 19.2. The molecule has 0 amide bonds. The van der Waals surface area contributed by atoms with E-state index in [1.807, 2.05) is 66.7 Å². The van der Waals surface area contributed by atoms with Crippen LogP contribution >= 0.6 is 23.4 Å². The number of piperazine rings is 1. The number of nitrogens with two attached hydrogens (primary N) is 1. The minimum absolute atomic E-state index is 0.200. The fraction of sp³-hybridized carbons (Fsp3) is 0.184. The number of amidine groups is 1. The van der Waals surface area contributed by atoms with Crippen molar-refractivity contribution in [2.24, 2.45) is 10.1 Å². The second-order valence-electron chi connectivity index (χ2n) is 12.0. The molecular formula is C38H37ClN6O4S2. The number of sulfonamides is 1. The van der Waals surface area contributed by atoms with E-state index in [4.69, 9.17) is 17.3 Å². The van der Waals surface area contributed by atoms with E-state index in [9.17, 15) is 18.5 Å². The minimum Gasteiger partial charge on any atom is -0.383 e. The van der Waals surface area contributed by atoms with E-state index in [-0.39, 0.29) is 22.1 Å². The van der Waals surface area contributed by atoms with Crippen molar-refractivity contribution < 1.29 is 13.3 Å². The molecule has 0 aromatic heterocycles. The Morgan fingerprint density at radius 3 is 2.27 bits per heavy atom. The van der Waals surface area contributed by atoms with Crippen LogP contribution in [0.2, 0.25) is 5.02 Å². The van der Waals surface area contributed by atoms with E-state index in [2.05, 4.69) is 43.8 Å². The number of nitrogens with one attached hydrogen (secondary N) is 1. The van der Waals surface area contributed by atoms with Crippen LogP contribution in [0.1, 0.15) is 11.1 Å². The van der Waals surface area contributed by atoms with Gasteiger partial charge in [0, 0.05) is 72.3 Å². The largest absolute Gasteiger partial charge is 0.383 e. The molecule has 262 valence electrons. The molecule has 3 N–H and O–H groups in total. The van der Waals surface area contributed by atoms with Crippen molar-refractivity contribution >= 4 is 56.3 Å². The summed E-state index contributed by atoms with van der Waals surface area (Å²) < 4.78 is 30.2. The summed E-state index contributed by atoms with van der Waals surface area (Å²) in [5.41, 5.74) is 11.1. The normalized spacial score (nSPS) is 14.0. The molecule has 0 bridgehead atoms. The van der Waals surface area contributed by atoms with Crippen molar-refractivity contribution in [3.8, 4) is 11.1 Å². The lowest BCUT2D eigenvalue weighted by Gasteiger charge is -2.36. The Labute approximate surface area is 307 Å². The van der Waals surface area contributed by atoms with Gasteiger partial charge in [0.2, 0.25) is 0 Å². The molecule has 1 saturated heterocycles. The lowest BCUT2D eigenvalue weighted by Crippen LogP contribution is -2.46. The van der Waals surface area contributed by atoms with Crippen LogP contribution in [0, 0.1) is 10.1 Å². The number of hydrogen-bond donors (Lipinski definition) is 2. The maximum atomic E-state index is 13.2. The molecule has 0 atom stereocenters. The molecule has 0 aliphatic carbocycles. The summed E-state index contributed by atoms with van der Waals surface area (Å²) >= 11 is 7.71. The third-order valence-electron chi connectivity index (χ3n) is 8.58. The summed E-state index contributed by atoms with van der Waals surface area (Å²) in [7, 11) is -4.32. The highest BCUT2D eigenvalue weighted by Crippen LogP contribution is 2.30. The van der Waals surface area contributed by atoms with Crippen LogP contribution < -0.4 is 16.0 Å². The van der Waals surface area contributed by atoms with Crippen molar-refractivity contribution in [1.82, 2.24) is 4.90 Å². The molecule has 5 aromatic rings. The fourth-order valence-corrected chi connectivity index (χ4v) is 7.78. The van der Waals surface area contributed by atoms with Crippen molar-refractivity contribution in [2.75, 3.05) is 48.7 Å². The minimum atomic E-state index is -4.32. The Hall–Kier alpha value is -4.88. The van der Waals surface area contributed by atoms with Crippen LogP contribution in [0.3, 0.4) is 0 Å². The van der Waals surface area contributed by atoms with Crippen molar-refractivity contribution in [1.29, 1.82) is 0 Å². The van der Waals surface area contributed by atoms with Gasteiger partial charge >= 0.3 is 0 Å². The molecule has 0 saturated carbocycles. The quantitative estimate of drug-likeness (QED) is 0.0314. The summed E-state index contributed by atoms with van der Waals surface area (Å²) in [6, 6.07) is 37.1. The van der Waals surface area contributed by atoms with Crippen LogP contribution in [-0.4, -0.2) is 62.6 Å². The van der Waals surface area contributed by atoms with E-state index in [0.29, 0.717) is 22.9 Å². The van der Waals surface area contributed by atoms with E-state index < -0.39 is 14.9 Å². The number of nitro groups is 1. The van der Waals surface area contributed by atoms with Gasteiger partial charge in [-0.1, -0.05) is 66.2 Å². The highest BCUT2D eigenvalue weighted by Gasteiger charge is 2.23. The molecule has 10 nitrogen and oxygen atoms in total. The summed E-state index contributed by atoms with van der Waals surface area (Å²) in [4.78, 5) is 16.7. The lowest BCUT2D eigenvalue weighted by molar-refractivity contribution is -0.384. The molecule has 5 aromatic carbocycles. The Balaban J connectivity index is 1.06. The molecule has 0 radical (unpaired) electrons. The zero-order chi connectivity index (χ0) is 35.8. The van der Waals surface area contributed by atoms with Crippen LogP contribution in [0.5, 0.6) is 0 Å². The van der Waals surface area contributed by atoms with Gasteiger partial charge in [0.25, 0.3) is 15.7 Å². The standard InChI is InChI=1S/C38H37ClN6O4S2/c39-31-14-10-28(11-15-31)35-9-5-4-6-30(35)27-43-21-23-44(24-22-43)32-16-12-29(13-17-32)38(40)42-51(48,49)34-18-19-36(37(26-34)45(46)47)41-20-25-50-33-7-2-1-3-8-33/h1-19,26,41H,20-25,27H2,(H2,40,42). The third-order valence-corrected chi connectivity index (χ3v) is 11.1. The number of nitro benzene ring substituents is 1. The van der Waals surface area contributed by atoms with Gasteiger partial charge < -0.3 is 16.0 Å². The number of nitrogens with zero attached hydrogens (tertiary/aromatic N) is 4. The molecule has 13 heteroatoms. The van der Waals surface area contributed by atoms with Gasteiger partial charge in [-0.15, -0.1) is 16.2 Å². The van der Waals surface area contributed by atoms with Gasteiger partial charge in [-0.2, -0.15) is 8.42 Å². The van der Waals surface area contributed by atoms with E-state index in [1.165, 1.54) is 23.3 Å². The molecule has 0 spiro atoms. The van der Waals surface area contributed by atoms with Gasteiger partial charge in [0.1, 0.15) is 11.5 Å². The zero-order valence-corrected chi connectivity index (χ0v) is 30.1. The highest BCUT2D eigenvalue weighted by molar-refractivity contribution is 7.99. The molecule has 1 fully saturated rings. The maximum absolute atomic E-state index is 13.2. The van der Waals surface area contributed by atoms with Crippen LogP contribution in [0.4, 0.5) is 17.1 Å². The Morgan fingerprint density at radius 1 is 0.882 bits per heavy atom. The van der Waals surface area contributed by atoms with Crippen molar-refractivity contribution in [2.45, 2.75) is 16.3 Å². The molecule has 6 rings (SSSR count). The topological polar surface area (TPSA) is 134 Å². The number of thioether (sulfide) groups is 1. The van der Waals surface area contributed by atoms with Crippen LogP contribution in [0.15, 0.2) is 136 Å².